The van der Waals surface area contributed by atoms with E-state index in [0.29, 0.717) is 42.2 Å². The van der Waals surface area contributed by atoms with Crippen molar-refractivity contribution in [2.75, 3.05) is 5.73 Å². The van der Waals surface area contributed by atoms with Crippen LogP contribution in [0.4, 0.5) is 5.82 Å². The summed E-state index contributed by atoms with van der Waals surface area (Å²) in [6, 6.07) is 15.2. The number of H-pyrrole nitrogens is 1. The van der Waals surface area contributed by atoms with Gasteiger partial charge in [0.1, 0.15) is 10.5 Å². The Morgan fingerprint density at radius 1 is 1.00 bits per heavy atom. The van der Waals surface area contributed by atoms with Crippen molar-refractivity contribution in [3.63, 3.8) is 0 Å². The minimum atomic E-state index is -0.261. The van der Waals surface area contributed by atoms with Crippen LogP contribution in [0.2, 0.25) is 10.0 Å². The predicted molar refractivity (Wildman–Crippen MR) is 162 cm³/mol. The second-order valence-electron chi connectivity index (χ2n) is 9.34. The Balaban J connectivity index is 1.61. The van der Waals surface area contributed by atoms with Gasteiger partial charge in [-0.25, -0.2) is 14.4 Å². The lowest BCUT2D eigenvalue weighted by Gasteiger charge is -2.23. The van der Waals surface area contributed by atoms with E-state index in [1.807, 2.05) is 48.5 Å². The standard InChI is InChI=1S/C28H18Cl2N6OS2/c29-16-8-4-13(5-9-16)12-15-2-1-3-18-19(14-6-10-17(30)11-7-14)20-24(32-21(15)18)34-28-36(26(20)37)25-22(39-28)23(31)33-27(38)35-25/h4-12H,1-3H2,(H3,31,33,35,38)/b15-12+. The maximum Gasteiger partial charge on any atom is 0.270 e. The molecule has 192 valence electrons. The molecule has 7 rings (SSSR count). The van der Waals surface area contributed by atoms with Gasteiger partial charge in [0, 0.05) is 15.6 Å². The predicted octanol–water partition coefficient (Wildman–Crippen LogP) is 7.34. The molecule has 0 radical (unpaired) electrons. The fourth-order valence-electron chi connectivity index (χ4n) is 5.22. The maximum absolute atomic E-state index is 14.2. The van der Waals surface area contributed by atoms with Crippen LogP contribution in [0, 0.1) is 4.77 Å². The molecule has 3 N–H and O–H groups in total. The number of aromatic amines is 1. The molecule has 0 aliphatic heterocycles. The molecule has 1 aliphatic rings. The fourth-order valence-corrected chi connectivity index (χ4v) is 6.63. The van der Waals surface area contributed by atoms with E-state index in [1.165, 1.54) is 15.7 Å². The van der Waals surface area contributed by atoms with Gasteiger partial charge in [-0.05, 0) is 84.1 Å². The molecule has 1 aliphatic carbocycles. The first kappa shape index (κ1) is 24.4. The molecule has 0 unspecified atom stereocenters. The smallest absolute Gasteiger partial charge is 0.270 e. The number of thiazole rings is 1. The SMILES string of the molecule is Nc1[nH]c(=S)nc2c1sc1nc3nc4c(c(-c5ccc(Cl)cc5)c3c(=O)n12)CCC/C4=C\c1ccc(Cl)cc1. The van der Waals surface area contributed by atoms with Gasteiger partial charge in [0.05, 0.1) is 11.1 Å². The van der Waals surface area contributed by atoms with E-state index in [-0.39, 0.29) is 10.3 Å². The van der Waals surface area contributed by atoms with Crippen LogP contribution in [0.15, 0.2) is 53.3 Å². The minimum absolute atomic E-state index is 0.199. The number of nitrogen functional groups attached to an aromatic ring is 1. The van der Waals surface area contributed by atoms with Gasteiger partial charge in [-0.1, -0.05) is 58.8 Å². The van der Waals surface area contributed by atoms with Crippen molar-refractivity contribution in [3.8, 4) is 11.1 Å². The van der Waals surface area contributed by atoms with Crippen LogP contribution in [0.1, 0.15) is 29.7 Å². The van der Waals surface area contributed by atoms with E-state index < -0.39 is 0 Å². The number of hydrogen-bond acceptors (Lipinski definition) is 7. The highest BCUT2D eigenvalue weighted by atomic mass is 35.5. The molecule has 4 aromatic heterocycles. The zero-order chi connectivity index (χ0) is 26.8. The zero-order valence-corrected chi connectivity index (χ0v) is 23.3. The second-order valence-corrected chi connectivity index (χ2v) is 11.6. The average Bonchev–Trinajstić information content (AvgIpc) is 3.29. The second kappa shape index (κ2) is 9.24. The normalized spacial score (nSPS) is 14.5. The first-order valence-electron chi connectivity index (χ1n) is 12.2. The number of aromatic nitrogens is 5. The van der Waals surface area contributed by atoms with Crippen molar-refractivity contribution in [3.05, 3.63) is 90.5 Å². The van der Waals surface area contributed by atoms with Crippen LogP contribution in [0.3, 0.4) is 0 Å². The minimum Gasteiger partial charge on any atom is -0.384 e. The number of rotatable bonds is 2. The van der Waals surface area contributed by atoms with Crippen molar-refractivity contribution in [2.24, 2.45) is 0 Å². The van der Waals surface area contributed by atoms with Gasteiger partial charge >= 0.3 is 0 Å². The Morgan fingerprint density at radius 2 is 1.72 bits per heavy atom. The van der Waals surface area contributed by atoms with Crippen molar-refractivity contribution < 1.29 is 0 Å². The van der Waals surface area contributed by atoms with Crippen LogP contribution in [0.5, 0.6) is 0 Å². The molecule has 0 fully saturated rings. The first-order chi connectivity index (χ1) is 18.9. The van der Waals surface area contributed by atoms with Gasteiger partial charge in [0.2, 0.25) is 4.96 Å². The largest absolute Gasteiger partial charge is 0.384 e. The van der Waals surface area contributed by atoms with Gasteiger partial charge in [-0.3, -0.25) is 4.79 Å². The molecule has 0 bridgehead atoms. The lowest BCUT2D eigenvalue weighted by molar-refractivity contribution is 0.815. The number of allylic oxidation sites excluding steroid dienone is 1. The van der Waals surface area contributed by atoms with Gasteiger partial charge in [-0.15, -0.1) is 0 Å². The van der Waals surface area contributed by atoms with E-state index in [9.17, 15) is 4.79 Å². The van der Waals surface area contributed by atoms with Gasteiger partial charge in [0.15, 0.2) is 16.1 Å². The molecule has 39 heavy (non-hydrogen) atoms. The Bertz CT molecular complexity index is 2110. The van der Waals surface area contributed by atoms with Gasteiger partial charge in [-0.2, -0.15) is 4.98 Å². The number of pyridine rings is 1. The number of nitrogens with one attached hydrogen (secondary N) is 1. The zero-order valence-electron chi connectivity index (χ0n) is 20.2. The number of halogens is 2. The lowest BCUT2D eigenvalue weighted by atomic mass is 9.84. The quantitative estimate of drug-likeness (QED) is 0.205. The van der Waals surface area contributed by atoms with Crippen LogP contribution in [0.25, 0.3) is 49.1 Å². The van der Waals surface area contributed by atoms with E-state index in [1.54, 1.807) is 0 Å². The van der Waals surface area contributed by atoms with Crippen molar-refractivity contribution in [1.29, 1.82) is 0 Å². The molecule has 0 saturated heterocycles. The number of anilines is 1. The van der Waals surface area contributed by atoms with E-state index in [0.717, 1.165) is 52.8 Å². The molecule has 0 atom stereocenters. The summed E-state index contributed by atoms with van der Waals surface area (Å²) in [5, 5.41) is 1.73. The molecule has 2 aromatic carbocycles. The highest BCUT2D eigenvalue weighted by molar-refractivity contribution is 7.71. The summed E-state index contributed by atoms with van der Waals surface area (Å²) in [5.74, 6) is 0.349. The van der Waals surface area contributed by atoms with E-state index in [4.69, 9.17) is 51.1 Å². The Morgan fingerprint density at radius 3 is 2.46 bits per heavy atom. The summed E-state index contributed by atoms with van der Waals surface area (Å²) in [6.45, 7) is 0. The van der Waals surface area contributed by atoms with Crippen LogP contribution < -0.4 is 11.3 Å². The van der Waals surface area contributed by atoms with Crippen molar-refractivity contribution in [1.82, 2.24) is 24.3 Å². The van der Waals surface area contributed by atoms with Crippen LogP contribution in [-0.2, 0) is 6.42 Å². The third-order valence-electron chi connectivity index (χ3n) is 6.91. The molecule has 4 heterocycles. The number of nitrogens with zero attached hydrogens (tertiary/aromatic N) is 4. The fraction of sp³-hybridized carbons (Fsp3) is 0.107. The summed E-state index contributed by atoms with van der Waals surface area (Å²) in [7, 11) is 0. The Hall–Kier alpha value is -3.63. The molecular weight excluding hydrogens is 571 g/mol. The monoisotopic (exact) mass is 588 g/mol. The lowest BCUT2D eigenvalue weighted by Crippen LogP contribution is -2.19. The molecule has 6 aromatic rings. The summed E-state index contributed by atoms with van der Waals surface area (Å²) < 4.78 is 2.30. The highest BCUT2D eigenvalue weighted by Gasteiger charge is 2.26. The van der Waals surface area contributed by atoms with E-state index >= 15 is 0 Å². The number of fused-ring (bicyclic) bond motifs is 5. The van der Waals surface area contributed by atoms with Crippen molar-refractivity contribution >= 4 is 90.6 Å². The highest BCUT2D eigenvalue weighted by Crippen LogP contribution is 2.40. The van der Waals surface area contributed by atoms with Crippen LogP contribution >= 0.6 is 46.8 Å². The first-order valence-corrected chi connectivity index (χ1v) is 14.2. The number of nitrogens with two attached hydrogens (primary N) is 1. The summed E-state index contributed by atoms with van der Waals surface area (Å²) in [5.41, 5.74) is 12.4. The van der Waals surface area contributed by atoms with Crippen LogP contribution in [-0.4, -0.2) is 24.3 Å². The van der Waals surface area contributed by atoms with Crippen molar-refractivity contribution in [2.45, 2.75) is 19.3 Å². The summed E-state index contributed by atoms with van der Waals surface area (Å²) in [4.78, 5) is 31.9. The molecule has 11 heteroatoms. The topological polar surface area (TPSA) is 102 Å². The third-order valence-corrected chi connectivity index (χ3v) is 8.67. The van der Waals surface area contributed by atoms with Gasteiger partial charge < -0.3 is 10.7 Å². The molecular formula is C28H18Cl2N6OS2. The molecule has 0 spiro atoms. The molecule has 0 amide bonds. The van der Waals surface area contributed by atoms with Gasteiger partial charge in [0.25, 0.3) is 5.56 Å². The molecule has 7 nitrogen and oxygen atoms in total. The molecule has 0 saturated carbocycles. The number of hydrogen-bond donors (Lipinski definition) is 2. The maximum atomic E-state index is 14.2. The number of benzene rings is 2. The Labute approximate surface area is 240 Å². The average molecular weight is 590 g/mol. The Kier molecular flexibility index (Phi) is 5.78. The third kappa shape index (κ3) is 4.04. The van der Waals surface area contributed by atoms with E-state index in [2.05, 4.69) is 16.0 Å². The summed E-state index contributed by atoms with van der Waals surface area (Å²) >= 11 is 18.9. The summed E-state index contributed by atoms with van der Waals surface area (Å²) in [6.07, 6.45) is 4.69.